The number of methoxy groups -OCH3 is 1. The second kappa shape index (κ2) is 14.0. The van der Waals surface area contributed by atoms with Gasteiger partial charge in [-0.15, -0.1) is 0 Å². The first kappa shape index (κ1) is 29.3. The molecule has 39 heavy (non-hydrogen) atoms. The minimum atomic E-state index is -0.641. The number of ether oxygens (including phenoxy) is 2. The van der Waals surface area contributed by atoms with Crippen molar-refractivity contribution in [2.75, 3.05) is 20.2 Å². The fraction of sp³-hybridized carbons (Fsp3) is 0.429. The molecule has 2 aromatic rings. The zero-order valence-corrected chi connectivity index (χ0v) is 22.4. The predicted molar refractivity (Wildman–Crippen MR) is 139 cm³/mol. The minimum Gasteiger partial charge on any atom is -0.468 e. The third-order valence-corrected chi connectivity index (χ3v) is 6.64. The van der Waals surface area contributed by atoms with Crippen molar-refractivity contribution < 1.29 is 38.0 Å². The zero-order valence-electron chi connectivity index (χ0n) is 22.4. The number of nitrogens with one attached hydrogen (secondary N) is 2. The predicted octanol–water partition coefficient (Wildman–Crippen LogP) is 1.70. The van der Waals surface area contributed by atoms with Crippen LogP contribution in [-0.2, 0) is 30.6 Å². The van der Waals surface area contributed by atoms with Crippen molar-refractivity contribution in [1.82, 2.24) is 15.5 Å². The standard InChI is InChI=1S/C28H34N4O7/c1-19(20(2)33)30-24(34)16-29-26(35)22-12-9-14-31(17-22)18-39-28(37)32-15-8-7-13-23(32)25(27(36)38-3)21-10-5-4-6-11-21/h4-6,9-12,14,17,19,23,25H,7-8,13,15-16,18H2,1-3H3,(H-,29,30,34,35)/p+1. The summed E-state index contributed by atoms with van der Waals surface area (Å²) in [5.74, 6) is -2.23. The average Bonchev–Trinajstić information content (AvgIpc) is 2.95. The van der Waals surface area contributed by atoms with E-state index >= 15 is 0 Å². The van der Waals surface area contributed by atoms with Gasteiger partial charge in [0.2, 0.25) is 5.91 Å². The van der Waals surface area contributed by atoms with E-state index in [2.05, 4.69) is 10.6 Å². The Morgan fingerprint density at radius 3 is 2.51 bits per heavy atom. The molecule has 2 heterocycles. The summed E-state index contributed by atoms with van der Waals surface area (Å²) in [6.07, 6.45) is 4.85. The summed E-state index contributed by atoms with van der Waals surface area (Å²) < 4.78 is 12.2. The van der Waals surface area contributed by atoms with E-state index in [1.165, 1.54) is 24.8 Å². The molecule has 11 heteroatoms. The smallest absolute Gasteiger partial charge is 0.414 e. The Morgan fingerprint density at radius 2 is 1.82 bits per heavy atom. The number of amides is 3. The van der Waals surface area contributed by atoms with Crippen LogP contribution in [0.15, 0.2) is 54.9 Å². The van der Waals surface area contributed by atoms with Crippen molar-refractivity contribution >= 4 is 29.7 Å². The van der Waals surface area contributed by atoms with E-state index in [9.17, 15) is 24.0 Å². The Morgan fingerprint density at radius 1 is 1.08 bits per heavy atom. The summed E-state index contributed by atoms with van der Waals surface area (Å²) in [4.78, 5) is 63.2. The van der Waals surface area contributed by atoms with E-state index in [0.29, 0.717) is 13.0 Å². The Labute approximate surface area is 227 Å². The van der Waals surface area contributed by atoms with Crippen LogP contribution in [0.25, 0.3) is 0 Å². The number of likely N-dealkylation sites (tertiary alicyclic amines) is 1. The maximum atomic E-state index is 13.2. The highest BCUT2D eigenvalue weighted by Crippen LogP contribution is 2.32. The molecule has 0 radical (unpaired) electrons. The fourth-order valence-corrected chi connectivity index (χ4v) is 4.44. The van der Waals surface area contributed by atoms with Gasteiger partial charge in [0.25, 0.3) is 12.6 Å². The van der Waals surface area contributed by atoms with Gasteiger partial charge in [0.1, 0.15) is 11.5 Å². The van der Waals surface area contributed by atoms with Crippen LogP contribution < -0.4 is 15.2 Å². The highest BCUT2D eigenvalue weighted by Gasteiger charge is 2.39. The molecule has 3 rings (SSSR count). The zero-order chi connectivity index (χ0) is 28.4. The first-order valence-corrected chi connectivity index (χ1v) is 12.8. The molecule has 0 bridgehead atoms. The van der Waals surface area contributed by atoms with E-state index in [1.54, 1.807) is 30.2 Å². The van der Waals surface area contributed by atoms with Gasteiger partial charge in [-0.25, -0.2) is 4.79 Å². The molecule has 1 aliphatic rings. The van der Waals surface area contributed by atoms with Gasteiger partial charge in [0, 0.05) is 12.6 Å². The molecule has 1 aliphatic heterocycles. The topological polar surface area (TPSA) is 135 Å². The summed E-state index contributed by atoms with van der Waals surface area (Å²) in [5, 5.41) is 5.00. The number of benzene rings is 1. The SMILES string of the molecule is COC(=O)C(c1ccccc1)C1CCCCN1C(=O)OC[n+]1cccc(C(=O)NCC(=O)NC(C)C(C)=O)c1. The Hall–Kier alpha value is -4.28. The van der Waals surface area contributed by atoms with Crippen LogP contribution >= 0.6 is 0 Å². The van der Waals surface area contributed by atoms with Gasteiger partial charge in [-0.2, -0.15) is 4.57 Å². The molecule has 1 aromatic heterocycles. The van der Waals surface area contributed by atoms with Gasteiger partial charge in [-0.1, -0.05) is 30.3 Å². The first-order valence-electron chi connectivity index (χ1n) is 12.8. The second-order valence-corrected chi connectivity index (χ2v) is 9.40. The molecule has 0 spiro atoms. The third-order valence-electron chi connectivity index (χ3n) is 6.64. The number of hydrogen-bond acceptors (Lipinski definition) is 7. The van der Waals surface area contributed by atoms with Crippen LogP contribution in [0, 0.1) is 0 Å². The van der Waals surface area contributed by atoms with E-state index in [0.717, 1.165) is 18.4 Å². The molecule has 0 saturated carbocycles. The van der Waals surface area contributed by atoms with Gasteiger partial charge >= 0.3 is 12.1 Å². The van der Waals surface area contributed by atoms with Crippen LogP contribution in [0.3, 0.4) is 0 Å². The summed E-state index contributed by atoms with van der Waals surface area (Å²) in [6.45, 7) is 2.92. The number of aromatic nitrogens is 1. The number of rotatable bonds is 10. The number of carbonyl (C=O) groups excluding carboxylic acids is 5. The molecular weight excluding hydrogens is 504 g/mol. The number of ketones is 1. The van der Waals surface area contributed by atoms with Gasteiger partial charge in [-0.05, 0) is 44.7 Å². The summed E-state index contributed by atoms with van der Waals surface area (Å²) >= 11 is 0. The number of nitrogens with zero attached hydrogens (tertiary/aromatic N) is 2. The Bertz CT molecular complexity index is 1190. The molecule has 208 valence electrons. The molecule has 3 unspecified atom stereocenters. The monoisotopic (exact) mass is 539 g/mol. The lowest BCUT2D eigenvalue weighted by atomic mass is 9.85. The normalized spacial score (nSPS) is 16.4. The lowest BCUT2D eigenvalue weighted by Gasteiger charge is -2.38. The molecule has 3 atom stereocenters. The van der Waals surface area contributed by atoms with Crippen LogP contribution in [0.2, 0.25) is 0 Å². The molecule has 1 saturated heterocycles. The van der Waals surface area contributed by atoms with Crippen LogP contribution in [-0.4, -0.2) is 66.8 Å². The van der Waals surface area contributed by atoms with Crippen LogP contribution in [0.5, 0.6) is 0 Å². The van der Waals surface area contributed by atoms with Crippen molar-refractivity contribution in [1.29, 1.82) is 0 Å². The van der Waals surface area contributed by atoms with E-state index < -0.39 is 41.9 Å². The lowest BCUT2D eigenvalue weighted by molar-refractivity contribution is -0.727. The second-order valence-electron chi connectivity index (χ2n) is 9.40. The molecule has 1 aromatic carbocycles. The Balaban J connectivity index is 1.63. The molecule has 11 nitrogen and oxygen atoms in total. The molecule has 3 amide bonds. The van der Waals surface area contributed by atoms with Crippen molar-refractivity contribution in [2.45, 2.75) is 57.8 Å². The maximum Gasteiger partial charge on any atom is 0.414 e. The lowest BCUT2D eigenvalue weighted by Crippen LogP contribution is -2.50. The highest BCUT2D eigenvalue weighted by molar-refractivity contribution is 5.96. The van der Waals surface area contributed by atoms with Crippen molar-refractivity contribution in [3.05, 3.63) is 66.0 Å². The van der Waals surface area contributed by atoms with Gasteiger partial charge in [0.05, 0.1) is 25.7 Å². The van der Waals surface area contributed by atoms with Crippen LogP contribution in [0.1, 0.15) is 54.9 Å². The van der Waals surface area contributed by atoms with E-state index in [4.69, 9.17) is 9.47 Å². The average molecular weight is 540 g/mol. The number of hydrogen-bond donors (Lipinski definition) is 2. The number of carbonyl (C=O) groups is 5. The first-order chi connectivity index (χ1) is 18.7. The van der Waals surface area contributed by atoms with Crippen molar-refractivity contribution in [3.63, 3.8) is 0 Å². The van der Waals surface area contributed by atoms with E-state index in [-0.39, 0.29) is 24.6 Å². The van der Waals surface area contributed by atoms with Gasteiger partial charge in [0.15, 0.2) is 18.2 Å². The number of pyridine rings is 1. The number of esters is 1. The van der Waals surface area contributed by atoms with Crippen molar-refractivity contribution in [3.8, 4) is 0 Å². The fourth-order valence-electron chi connectivity index (χ4n) is 4.44. The van der Waals surface area contributed by atoms with Crippen molar-refractivity contribution in [2.24, 2.45) is 0 Å². The molecule has 2 N–H and O–H groups in total. The van der Waals surface area contributed by atoms with E-state index in [1.807, 2.05) is 30.3 Å². The molecule has 0 aliphatic carbocycles. The summed E-state index contributed by atoms with van der Waals surface area (Å²) in [7, 11) is 1.34. The summed E-state index contributed by atoms with van der Waals surface area (Å²) in [5.41, 5.74) is 1.03. The van der Waals surface area contributed by atoms with Crippen LogP contribution in [0.4, 0.5) is 4.79 Å². The quantitative estimate of drug-likeness (QED) is 0.347. The Kier molecular flexibility index (Phi) is 10.5. The summed E-state index contributed by atoms with van der Waals surface area (Å²) in [6, 6.07) is 11.4. The highest BCUT2D eigenvalue weighted by atomic mass is 16.6. The van der Waals surface area contributed by atoms with Gasteiger partial charge in [-0.3, -0.25) is 19.2 Å². The molecular formula is C28H35N4O7+. The third kappa shape index (κ3) is 8.10. The van der Waals surface area contributed by atoms with Gasteiger partial charge < -0.3 is 25.0 Å². The maximum absolute atomic E-state index is 13.2. The molecule has 1 fully saturated rings. The number of Topliss-reactive ketones (excluding diaryl/α,β-unsaturated/α-hetero) is 1. The largest absolute Gasteiger partial charge is 0.468 e. The number of piperidine rings is 1. The minimum absolute atomic E-state index is 0.159.